The van der Waals surface area contributed by atoms with Crippen molar-refractivity contribution in [3.8, 4) is 5.95 Å². The summed E-state index contributed by atoms with van der Waals surface area (Å²) >= 11 is 0. The first-order valence-corrected chi connectivity index (χ1v) is 6.19. The lowest BCUT2D eigenvalue weighted by Gasteiger charge is -2.07. The highest BCUT2D eigenvalue weighted by Crippen LogP contribution is 2.06. The van der Waals surface area contributed by atoms with E-state index in [-0.39, 0.29) is 11.9 Å². The molecular formula is C11H16N8O. The van der Waals surface area contributed by atoms with Gasteiger partial charge in [0.25, 0.3) is 0 Å². The number of rotatable bonds is 6. The van der Waals surface area contributed by atoms with Crippen molar-refractivity contribution in [3.63, 3.8) is 0 Å². The number of hydrogen-bond donors (Lipinski definition) is 3. The first kappa shape index (κ1) is 13.7. The first-order valence-electron chi connectivity index (χ1n) is 6.19. The van der Waals surface area contributed by atoms with Gasteiger partial charge in [0.1, 0.15) is 6.33 Å². The largest absolute Gasteiger partial charge is 0.368 e. The van der Waals surface area contributed by atoms with Crippen molar-refractivity contribution < 1.29 is 4.79 Å². The molecular weight excluding hydrogens is 260 g/mol. The van der Waals surface area contributed by atoms with Gasteiger partial charge in [-0.05, 0) is 6.92 Å². The molecule has 0 atom stereocenters. The molecule has 0 saturated heterocycles. The Bertz CT molecular complexity index is 568. The van der Waals surface area contributed by atoms with E-state index in [1.54, 1.807) is 23.3 Å². The summed E-state index contributed by atoms with van der Waals surface area (Å²) < 4.78 is 1.62. The van der Waals surface area contributed by atoms with E-state index in [0.717, 1.165) is 0 Å². The minimum atomic E-state index is -0.0307. The zero-order valence-electron chi connectivity index (χ0n) is 11.1. The number of nitrogens with one attached hydrogen (secondary N) is 2. The van der Waals surface area contributed by atoms with Gasteiger partial charge in [-0.15, -0.1) is 0 Å². The minimum Gasteiger partial charge on any atom is -0.368 e. The van der Waals surface area contributed by atoms with Crippen molar-refractivity contribution in [2.75, 3.05) is 24.1 Å². The monoisotopic (exact) mass is 276 g/mol. The number of carbonyl (C=O) groups excluding carboxylic acids is 1. The van der Waals surface area contributed by atoms with E-state index in [9.17, 15) is 4.79 Å². The maximum absolute atomic E-state index is 11.3. The third kappa shape index (κ3) is 3.64. The molecule has 0 bridgehead atoms. The van der Waals surface area contributed by atoms with Crippen LogP contribution in [0.5, 0.6) is 0 Å². The average molecular weight is 276 g/mol. The average Bonchev–Trinajstić information content (AvgIpc) is 2.92. The second-order valence-electron chi connectivity index (χ2n) is 3.92. The predicted octanol–water partition coefficient (Wildman–Crippen LogP) is -0.422. The van der Waals surface area contributed by atoms with Gasteiger partial charge in [-0.25, -0.2) is 4.98 Å². The number of anilines is 2. The Morgan fingerprint density at radius 2 is 2.25 bits per heavy atom. The molecule has 1 amide bonds. The SMILES string of the molecule is CCNC(=O)CCNc1nc(N)nc(-n2ccnc2)n1. The molecule has 0 aliphatic heterocycles. The molecule has 106 valence electrons. The summed E-state index contributed by atoms with van der Waals surface area (Å²) in [4.78, 5) is 27.4. The van der Waals surface area contributed by atoms with E-state index < -0.39 is 0 Å². The van der Waals surface area contributed by atoms with Gasteiger partial charge in [-0.3, -0.25) is 9.36 Å². The fraction of sp³-hybridized carbons (Fsp3) is 0.364. The molecule has 0 spiro atoms. The molecule has 0 aliphatic rings. The predicted molar refractivity (Wildman–Crippen MR) is 73.2 cm³/mol. The summed E-state index contributed by atoms with van der Waals surface area (Å²) in [5.41, 5.74) is 5.63. The number of imidazole rings is 1. The summed E-state index contributed by atoms with van der Waals surface area (Å²) in [5, 5.41) is 5.65. The fourth-order valence-corrected chi connectivity index (χ4v) is 1.53. The molecule has 20 heavy (non-hydrogen) atoms. The van der Waals surface area contributed by atoms with Gasteiger partial charge in [-0.1, -0.05) is 0 Å². The zero-order valence-corrected chi connectivity index (χ0v) is 11.1. The van der Waals surface area contributed by atoms with Crippen LogP contribution >= 0.6 is 0 Å². The van der Waals surface area contributed by atoms with Crippen LogP contribution in [0.4, 0.5) is 11.9 Å². The number of nitrogen functional groups attached to an aromatic ring is 1. The third-order valence-corrected chi connectivity index (χ3v) is 2.39. The highest BCUT2D eigenvalue weighted by atomic mass is 16.1. The molecule has 0 aliphatic carbocycles. The third-order valence-electron chi connectivity index (χ3n) is 2.39. The fourth-order valence-electron chi connectivity index (χ4n) is 1.53. The highest BCUT2D eigenvalue weighted by molar-refractivity contribution is 5.76. The van der Waals surface area contributed by atoms with E-state index in [2.05, 4.69) is 30.6 Å². The van der Waals surface area contributed by atoms with Crippen LogP contribution in [0, 0.1) is 0 Å². The van der Waals surface area contributed by atoms with Crippen LogP contribution in [0.2, 0.25) is 0 Å². The van der Waals surface area contributed by atoms with E-state index in [1.807, 2.05) is 6.92 Å². The van der Waals surface area contributed by atoms with E-state index in [4.69, 9.17) is 5.73 Å². The van der Waals surface area contributed by atoms with Crippen LogP contribution in [0.15, 0.2) is 18.7 Å². The van der Waals surface area contributed by atoms with Crippen LogP contribution in [0.25, 0.3) is 5.95 Å². The zero-order chi connectivity index (χ0) is 14.4. The number of hydrogen-bond acceptors (Lipinski definition) is 7. The van der Waals surface area contributed by atoms with Gasteiger partial charge in [0, 0.05) is 31.9 Å². The summed E-state index contributed by atoms with van der Waals surface area (Å²) in [6.07, 6.45) is 5.21. The molecule has 2 heterocycles. The van der Waals surface area contributed by atoms with Gasteiger partial charge in [0.2, 0.25) is 23.8 Å². The number of aromatic nitrogens is 5. The maximum Gasteiger partial charge on any atom is 0.241 e. The van der Waals surface area contributed by atoms with Crippen LogP contribution in [0.1, 0.15) is 13.3 Å². The standard InChI is InChI=1S/C11H16N8O/c1-2-14-8(20)3-4-15-10-16-9(12)17-11(18-10)19-6-5-13-7-19/h5-7H,2-4H2,1H3,(H,14,20)(H3,12,15,16,17,18). The van der Waals surface area contributed by atoms with Crippen LogP contribution in [-0.4, -0.2) is 43.5 Å². The Hall–Kier alpha value is -2.71. The number of nitrogens with zero attached hydrogens (tertiary/aromatic N) is 5. The van der Waals surface area contributed by atoms with E-state index >= 15 is 0 Å². The van der Waals surface area contributed by atoms with Crippen molar-refractivity contribution in [2.45, 2.75) is 13.3 Å². The van der Waals surface area contributed by atoms with Gasteiger partial charge >= 0.3 is 0 Å². The molecule has 9 nitrogen and oxygen atoms in total. The molecule has 0 saturated carbocycles. The molecule has 0 radical (unpaired) electrons. The van der Waals surface area contributed by atoms with Crippen LogP contribution in [-0.2, 0) is 4.79 Å². The summed E-state index contributed by atoms with van der Waals surface area (Å²) in [6.45, 7) is 2.90. The lowest BCUT2D eigenvalue weighted by atomic mass is 10.4. The minimum absolute atomic E-state index is 0.0307. The van der Waals surface area contributed by atoms with Crippen molar-refractivity contribution in [3.05, 3.63) is 18.7 Å². The van der Waals surface area contributed by atoms with Gasteiger partial charge in [-0.2, -0.15) is 15.0 Å². The molecule has 2 aromatic heterocycles. The topological polar surface area (TPSA) is 124 Å². The van der Waals surface area contributed by atoms with Crippen molar-refractivity contribution in [2.24, 2.45) is 0 Å². The van der Waals surface area contributed by atoms with Crippen molar-refractivity contribution >= 4 is 17.8 Å². The molecule has 4 N–H and O–H groups in total. The molecule has 9 heteroatoms. The van der Waals surface area contributed by atoms with E-state index in [0.29, 0.717) is 31.4 Å². The second-order valence-corrected chi connectivity index (χ2v) is 3.92. The summed E-state index contributed by atoms with van der Waals surface area (Å²) in [6, 6.07) is 0. The first-order chi connectivity index (χ1) is 9.69. The number of amides is 1. The lowest BCUT2D eigenvalue weighted by molar-refractivity contribution is -0.120. The van der Waals surface area contributed by atoms with Crippen LogP contribution in [0.3, 0.4) is 0 Å². The number of carbonyl (C=O) groups is 1. The smallest absolute Gasteiger partial charge is 0.241 e. The van der Waals surface area contributed by atoms with Crippen LogP contribution < -0.4 is 16.4 Å². The highest BCUT2D eigenvalue weighted by Gasteiger charge is 2.06. The number of nitrogens with two attached hydrogens (primary N) is 1. The molecule has 0 fully saturated rings. The Morgan fingerprint density at radius 1 is 1.40 bits per heavy atom. The van der Waals surface area contributed by atoms with Gasteiger partial charge in [0.05, 0.1) is 0 Å². The maximum atomic E-state index is 11.3. The van der Waals surface area contributed by atoms with Crippen molar-refractivity contribution in [1.29, 1.82) is 0 Å². The molecule has 0 aromatic carbocycles. The Labute approximate surface area is 115 Å². The quantitative estimate of drug-likeness (QED) is 0.654. The molecule has 2 aromatic rings. The van der Waals surface area contributed by atoms with Gasteiger partial charge in [0.15, 0.2) is 0 Å². The van der Waals surface area contributed by atoms with Crippen molar-refractivity contribution in [1.82, 2.24) is 29.8 Å². The Kier molecular flexibility index (Phi) is 4.43. The Balaban J connectivity index is 2.00. The second kappa shape index (κ2) is 6.45. The lowest BCUT2D eigenvalue weighted by Crippen LogP contribution is -2.25. The Morgan fingerprint density at radius 3 is 2.95 bits per heavy atom. The summed E-state index contributed by atoms with van der Waals surface area (Å²) in [5.74, 6) is 0.766. The molecule has 0 unspecified atom stereocenters. The summed E-state index contributed by atoms with van der Waals surface area (Å²) in [7, 11) is 0. The van der Waals surface area contributed by atoms with E-state index in [1.165, 1.54) is 0 Å². The normalized spacial score (nSPS) is 10.2. The molecule has 2 rings (SSSR count). The van der Waals surface area contributed by atoms with Gasteiger partial charge < -0.3 is 16.4 Å².